The van der Waals surface area contributed by atoms with Crippen molar-refractivity contribution in [2.24, 2.45) is 11.1 Å². The molecule has 1 fully saturated rings. The topological polar surface area (TPSA) is 83.0 Å². The van der Waals surface area contributed by atoms with E-state index in [1.54, 1.807) is 4.80 Å². The highest BCUT2D eigenvalue weighted by Gasteiger charge is 2.41. The minimum atomic E-state index is -1.20. The number of hydrogen-bond donors (Lipinski definition) is 1. The van der Waals surface area contributed by atoms with E-state index in [1.807, 2.05) is 38.1 Å². The first-order valence-corrected chi connectivity index (χ1v) is 10.5. The predicted molar refractivity (Wildman–Crippen MR) is 113 cm³/mol. The second-order valence-corrected chi connectivity index (χ2v) is 9.88. The van der Waals surface area contributed by atoms with Gasteiger partial charge in [-0.1, -0.05) is 45.0 Å². The second kappa shape index (κ2) is 7.59. The molecule has 2 N–H and O–H groups in total. The quantitative estimate of drug-likeness (QED) is 0.653. The summed E-state index contributed by atoms with van der Waals surface area (Å²) in [5.41, 5.74) is 7.77. The maximum Gasteiger partial charge on any atom is 0.331 e. The van der Waals surface area contributed by atoms with Crippen molar-refractivity contribution >= 4 is 21.9 Å². The van der Waals surface area contributed by atoms with E-state index in [2.05, 4.69) is 46.9 Å². The molecule has 7 heteroatoms. The maximum absolute atomic E-state index is 12.9. The number of aromatic nitrogens is 3. The zero-order chi connectivity index (χ0) is 20.7. The summed E-state index contributed by atoms with van der Waals surface area (Å²) in [6.45, 7) is 9.87. The molecule has 1 aromatic carbocycles. The molecule has 1 aromatic heterocycles. The van der Waals surface area contributed by atoms with Crippen molar-refractivity contribution in [3.8, 4) is 11.3 Å². The number of esters is 1. The first-order valence-electron chi connectivity index (χ1n) is 9.73. The Morgan fingerprint density at radius 1 is 1.25 bits per heavy atom. The fourth-order valence-corrected chi connectivity index (χ4v) is 3.79. The molecule has 0 bridgehead atoms. The molecule has 28 heavy (non-hydrogen) atoms. The molecule has 0 unspecified atom stereocenters. The van der Waals surface area contributed by atoms with Gasteiger partial charge in [0.25, 0.3) is 0 Å². The van der Waals surface area contributed by atoms with Crippen molar-refractivity contribution in [3.05, 3.63) is 34.4 Å². The summed E-state index contributed by atoms with van der Waals surface area (Å²) in [6, 6.07) is 8.08. The molecule has 2 aromatic rings. The lowest BCUT2D eigenvalue weighted by atomic mass is 9.76. The third-order valence-corrected chi connectivity index (χ3v) is 5.19. The Morgan fingerprint density at radius 3 is 2.36 bits per heavy atom. The van der Waals surface area contributed by atoms with Crippen LogP contribution >= 0.6 is 15.9 Å². The minimum Gasteiger partial charge on any atom is -0.461 e. The number of nitrogens with zero attached hydrogens (tertiary/aromatic N) is 3. The Hall–Kier alpha value is -1.73. The van der Waals surface area contributed by atoms with Gasteiger partial charge in [0.15, 0.2) is 4.60 Å². The van der Waals surface area contributed by atoms with Gasteiger partial charge in [0.05, 0.1) is 12.1 Å². The Bertz CT molecular complexity index is 850. The highest BCUT2D eigenvalue weighted by molar-refractivity contribution is 9.10. The van der Waals surface area contributed by atoms with Gasteiger partial charge in [0, 0.05) is 5.56 Å². The number of carbonyl (C=O) groups excluding carboxylic acids is 1. The predicted octanol–water partition coefficient (Wildman–Crippen LogP) is 4.58. The van der Waals surface area contributed by atoms with Crippen molar-refractivity contribution in [2.75, 3.05) is 0 Å². The molecule has 1 aliphatic rings. The molecule has 0 saturated heterocycles. The van der Waals surface area contributed by atoms with E-state index in [0.717, 1.165) is 34.3 Å². The summed E-state index contributed by atoms with van der Waals surface area (Å²) in [7, 11) is 0. The van der Waals surface area contributed by atoms with E-state index >= 15 is 0 Å². The molecule has 1 aliphatic carbocycles. The van der Waals surface area contributed by atoms with Crippen LogP contribution in [0, 0.1) is 5.41 Å². The van der Waals surface area contributed by atoms with Gasteiger partial charge in [-0.2, -0.15) is 9.90 Å². The van der Waals surface area contributed by atoms with Crippen molar-refractivity contribution in [3.63, 3.8) is 0 Å². The fourth-order valence-electron chi connectivity index (χ4n) is 3.32. The van der Waals surface area contributed by atoms with Crippen LogP contribution in [-0.2, 0) is 15.1 Å². The lowest BCUT2D eigenvalue weighted by molar-refractivity contribution is -0.156. The van der Waals surface area contributed by atoms with Crippen molar-refractivity contribution in [1.82, 2.24) is 15.0 Å². The van der Waals surface area contributed by atoms with Crippen LogP contribution in [0.3, 0.4) is 0 Å². The molecule has 0 spiro atoms. The molecule has 1 heterocycles. The summed E-state index contributed by atoms with van der Waals surface area (Å²) in [4.78, 5) is 14.6. The van der Waals surface area contributed by atoms with E-state index < -0.39 is 11.5 Å². The van der Waals surface area contributed by atoms with E-state index in [9.17, 15) is 4.79 Å². The van der Waals surface area contributed by atoms with Gasteiger partial charge in [0.1, 0.15) is 11.2 Å². The van der Waals surface area contributed by atoms with E-state index in [0.29, 0.717) is 12.5 Å². The number of carbonyl (C=O) groups is 1. The van der Waals surface area contributed by atoms with Gasteiger partial charge in [-0.3, -0.25) is 0 Å². The van der Waals surface area contributed by atoms with E-state index in [4.69, 9.17) is 10.5 Å². The normalized spacial score (nSPS) is 16.9. The highest BCUT2D eigenvalue weighted by Crippen LogP contribution is 2.37. The Balaban J connectivity index is 1.92. The monoisotopic (exact) mass is 448 g/mol. The average molecular weight is 449 g/mol. The molecule has 0 amide bonds. The standard InChI is InChI=1S/C21H29BrN4O2/c1-13(2)28-19(27)21(23,12-20(3,4)5)15-8-6-14(7-9-15)17-18(22)25-26(24-17)16-10-11-16/h6-9,13,16H,10-12,23H2,1-5H3/t21-/m1/s1. The van der Waals surface area contributed by atoms with Crippen LogP contribution in [0.5, 0.6) is 0 Å². The Kier molecular flexibility index (Phi) is 5.69. The summed E-state index contributed by atoms with van der Waals surface area (Å²) in [5.74, 6) is -0.397. The van der Waals surface area contributed by atoms with Crippen LogP contribution in [0.1, 0.15) is 65.5 Å². The lowest BCUT2D eigenvalue weighted by Gasteiger charge is -2.34. The average Bonchev–Trinajstić information content (AvgIpc) is 3.35. The first-order chi connectivity index (χ1) is 13.0. The Morgan fingerprint density at radius 2 is 1.86 bits per heavy atom. The number of rotatable bonds is 6. The van der Waals surface area contributed by atoms with Crippen molar-refractivity contribution < 1.29 is 9.53 Å². The number of ether oxygens (including phenoxy) is 1. The highest BCUT2D eigenvalue weighted by atomic mass is 79.9. The van der Waals surface area contributed by atoms with Gasteiger partial charge in [0.2, 0.25) is 0 Å². The number of halogens is 1. The molecule has 1 saturated carbocycles. The Labute approximate surface area is 175 Å². The molecule has 0 radical (unpaired) electrons. The summed E-state index contributed by atoms with van der Waals surface area (Å²) < 4.78 is 6.21. The zero-order valence-corrected chi connectivity index (χ0v) is 18.8. The van der Waals surface area contributed by atoms with Gasteiger partial charge in [-0.25, -0.2) is 4.79 Å². The van der Waals surface area contributed by atoms with Crippen molar-refractivity contribution in [1.29, 1.82) is 0 Å². The molecule has 152 valence electrons. The van der Waals surface area contributed by atoms with Crippen LogP contribution < -0.4 is 5.73 Å². The van der Waals surface area contributed by atoms with Gasteiger partial charge in [-0.05, 0) is 60.0 Å². The zero-order valence-electron chi connectivity index (χ0n) is 17.2. The van der Waals surface area contributed by atoms with Crippen molar-refractivity contribution in [2.45, 2.75) is 71.6 Å². The number of hydrogen-bond acceptors (Lipinski definition) is 5. The first kappa shape index (κ1) is 21.0. The molecule has 0 aliphatic heterocycles. The molecular weight excluding hydrogens is 420 g/mol. The second-order valence-electron chi connectivity index (χ2n) is 9.13. The van der Waals surface area contributed by atoms with Gasteiger partial charge < -0.3 is 10.5 Å². The van der Waals surface area contributed by atoms with Crippen LogP contribution in [0.4, 0.5) is 0 Å². The summed E-state index contributed by atoms with van der Waals surface area (Å²) in [6.07, 6.45) is 2.51. The van der Waals surface area contributed by atoms with Crippen LogP contribution in [0.2, 0.25) is 0 Å². The summed E-state index contributed by atoms with van der Waals surface area (Å²) in [5, 5.41) is 9.06. The smallest absolute Gasteiger partial charge is 0.331 e. The van der Waals surface area contributed by atoms with Gasteiger partial charge >= 0.3 is 5.97 Å². The fraction of sp³-hybridized carbons (Fsp3) is 0.571. The lowest BCUT2D eigenvalue weighted by Crippen LogP contribution is -2.49. The summed E-state index contributed by atoms with van der Waals surface area (Å²) >= 11 is 3.50. The third kappa shape index (κ3) is 4.63. The van der Waals surface area contributed by atoms with Gasteiger partial charge in [-0.15, -0.1) is 5.10 Å². The third-order valence-electron chi connectivity index (χ3n) is 4.65. The molecule has 6 nitrogen and oxygen atoms in total. The van der Waals surface area contributed by atoms with Crippen LogP contribution in [0.15, 0.2) is 28.9 Å². The molecule has 3 rings (SSSR count). The number of benzene rings is 1. The van der Waals surface area contributed by atoms with Crippen LogP contribution in [0.25, 0.3) is 11.3 Å². The van der Waals surface area contributed by atoms with Crippen LogP contribution in [-0.4, -0.2) is 27.1 Å². The largest absolute Gasteiger partial charge is 0.461 e. The minimum absolute atomic E-state index is 0.139. The van der Waals surface area contributed by atoms with E-state index in [1.165, 1.54) is 0 Å². The molecule has 1 atom stereocenters. The number of nitrogens with two attached hydrogens (primary N) is 1. The maximum atomic E-state index is 12.9. The SMILES string of the molecule is CC(C)OC(=O)[C@@](N)(CC(C)(C)C)c1ccc(-c2nn(C3CC3)nc2Br)cc1. The molecular formula is C21H29BrN4O2. The van der Waals surface area contributed by atoms with E-state index in [-0.39, 0.29) is 11.5 Å².